The molecule has 0 aliphatic carbocycles. The molecule has 1 atom stereocenters. The molecule has 0 spiro atoms. The Morgan fingerprint density at radius 2 is 1.37 bits per heavy atom. The molecule has 0 bridgehead atoms. The van der Waals surface area contributed by atoms with Crippen molar-refractivity contribution in [3.05, 3.63) is 60.7 Å². The zero-order valence-electron chi connectivity index (χ0n) is 17.4. The maximum absolute atomic E-state index is 10.6. The van der Waals surface area contributed by atoms with Crippen molar-refractivity contribution < 1.29 is 9.53 Å². The lowest BCUT2D eigenvalue weighted by Gasteiger charge is -2.43. The molecule has 148 valence electrons. The standard InChI is InChI=1S/C24H36O2Si/c1-5-6-7-10-15-21(25)20-26-27(24(2,3)4,22-16-11-8-12-17-22)23-18-13-9-14-19-23/h8-9,11-14,16-19,21,25H,5-7,10,15,20H2,1-4H3/t21-/m0/s1. The molecule has 2 rings (SSSR count). The van der Waals surface area contributed by atoms with E-state index in [1.807, 2.05) is 0 Å². The topological polar surface area (TPSA) is 29.5 Å². The fraction of sp³-hybridized carbons (Fsp3) is 0.500. The zero-order chi connectivity index (χ0) is 19.8. The van der Waals surface area contributed by atoms with Crippen molar-refractivity contribution >= 4 is 18.7 Å². The SMILES string of the molecule is CCCCCC[C@H](O)CO[Si](c1ccccc1)(c1ccccc1)C(C)(C)C. The van der Waals surface area contributed by atoms with E-state index >= 15 is 0 Å². The van der Waals surface area contributed by atoms with E-state index in [2.05, 4.69) is 88.4 Å². The Hall–Kier alpha value is -1.42. The summed E-state index contributed by atoms with van der Waals surface area (Å²) in [7, 11) is -2.53. The van der Waals surface area contributed by atoms with E-state index in [9.17, 15) is 5.11 Å². The molecule has 0 aliphatic heterocycles. The Morgan fingerprint density at radius 1 is 0.852 bits per heavy atom. The number of aliphatic hydroxyl groups excluding tert-OH is 1. The van der Waals surface area contributed by atoms with Gasteiger partial charge in [-0.1, -0.05) is 114 Å². The highest BCUT2D eigenvalue weighted by molar-refractivity contribution is 6.99. The monoisotopic (exact) mass is 384 g/mol. The number of aliphatic hydroxyl groups is 1. The number of benzene rings is 2. The number of hydrogen-bond donors (Lipinski definition) is 1. The van der Waals surface area contributed by atoms with Crippen LogP contribution in [0.2, 0.25) is 5.04 Å². The van der Waals surface area contributed by atoms with Gasteiger partial charge in [0.25, 0.3) is 8.32 Å². The zero-order valence-corrected chi connectivity index (χ0v) is 18.4. The lowest BCUT2D eigenvalue weighted by Crippen LogP contribution is -2.67. The van der Waals surface area contributed by atoms with Crippen LogP contribution in [-0.2, 0) is 4.43 Å². The second kappa shape index (κ2) is 10.2. The minimum atomic E-state index is -2.53. The summed E-state index contributed by atoms with van der Waals surface area (Å²) in [4.78, 5) is 0. The van der Waals surface area contributed by atoms with Crippen LogP contribution in [0.3, 0.4) is 0 Å². The Kier molecular flexibility index (Phi) is 8.27. The van der Waals surface area contributed by atoms with Gasteiger partial charge in [0, 0.05) is 0 Å². The molecule has 1 N–H and O–H groups in total. The Labute approximate surface area is 166 Å². The predicted molar refractivity (Wildman–Crippen MR) is 118 cm³/mol. The largest absolute Gasteiger partial charge is 0.405 e. The molecule has 2 aromatic rings. The molecular formula is C24H36O2Si. The van der Waals surface area contributed by atoms with Gasteiger partial charge in [-0.15, -0.1) is 0 Å². The summed E-state index contributed by atoms with van der Waals surface area (Å²) in [5.74, 6) is 0. The molecule has 0 heterocycles. The fourth-order valence-corrected chi connectivity index (χ4v) is 8.47. The van der Waals surface area contributed by atoms with Crippen molar-refractivity contribution in [2.45, 2.75) is 70.9 Å². The Balaban J connectivity index is 2.30. The van der Waals surface area contributed by atoms with Crippen LogP contribution in [0, 0.1) is 0 Å². The van der Waals surface area contributed by atoms with E-state index in [1.165, 1.54) is 29.6 Å². The molecule has 2 nitrogen and oxygen atoms in total. The lowest BCUT2D eigenvalue weighted by atomic mass is 10.1. The van der Waals surface area contributed by atoms with E-state index in [-0.39, 0.29) is 5.04 Å². The Bertz CT molecular complexity index is 610. The van der Waals surface area contributed by atoms with Gasteiger partial charge >= 0.3 is 0 Å². The minimum absolute atomic E-state index is 0.0440. The summed E-state index contributed by atoms with van der Waals surface area (Å²) >= 11 is 0. The molecular weight excluding hydrogens is 348 g/mol. The molecule has 0 saturated carbocycles. The molecule has 0 aromatic heterocycles. The second-order valence-electron chi connectivity index (χ2n) is 8.48. The van der Waals surface area contributed by atoms with Gasteiger partial charge in [-0.3, -0.25) is 0 Å². The van der Waals surface area contributed by atoms with E-state index in [0.29, 0.717) is 6.61 Å². The third kappa shape index (κ3) is 5.53. The van der Waals surface area contributed by atoms with Gasteiger partial charge in [0.05, 0.1) is 12.7 Å². The molecule has 2 aromatic carbocycles. The summed E-state index contributed by atoms with van der Waals surface area (Å²) in [6.45, 7) is 9.43. The first kappa shape index (κ1) is 21.9. The van der Waals surface area contributed by atoms with Crippen LogP contribution in [0.5, 0.6) is 0 Å². The van der Waals surface area contributed by atoms with Gasteiger partial charge in [0.2, 0.25) is 0 Å². The van der Waals surface area contributed by atoms with Crippen LogP contribution in [-0.4, -0.2) is 26.1 Å². The van der Waals surface area contributed by atoms with E-state index in [4.69, 9.17) is 4.43 Å². The fourth-order valence-electron chi connectivity index (χ4n) is 3.87. The van der Waals surface area contributed by atoms with Crippen LogP contribution >= 0.6 is 0 Å². The highest BCUT2D eigenvalue weighted by Gasteiger charge is 2.50. The minimum Gasteiger partial charge on any atom is -0.405 e. The van der Waals surface area contributed by atoms with Crippen LogP contribution in [0.15, 0.2) is 60.7 Å². The molecule has 3 heteroatoms. The van der Waals surface area contributed by atoms with Crippen molar-refractivity contribution in [3.8, 4) is 0 Å². The van der Waals surface area contributed by atoms with Gasteiger partial charge in [-0.2, -0.15) is 0 Å². The van der Waals surface area contributed by atoms with Crippen molar-refractivity contribution in [1.82, 2.24) is 0 Å². The van der Waals surface area contributed by atoms with Crippen molar-refractivity contribution in [2.75, 3.05) is 6.61 Å². The summed E-state index contributed by atoms with van der Waals surface area (Å²) in [6.07, 6.45) is 5.13. The van der Waals surface area contributed by atoms with E-state index in [0.717, 1.165) is 12.8 Å². The number of hydrogen-bond acceptors (Lipinski definition) is 2. The van der Waals surface area contributed by atoms with Crippen molar-refractivity contribution in [3.63, 3.8) is 0 Å². The van der Waals surface area contributed by atoms with E-state index in [1.54, 1.807) is 0 Å². The molecule has 27 heavy (non-hydrogen) atoms. The molecule has 0 amide bonds. The highest BCUT2D eigenvalue weighted by atomic mass is 28.4. The average Bonchev–Trinajstić information content (AvgIpc) is 2.66. The second-order valence-corrected chi connectivity index (χ2v) is 12.8. The van der Waals surface area contributed by atoms with Gasteiger partial charge in [-0.05, 0) is 21.8 Å². The van der Waals surface area contributed by atoms with Gasteiger partial charge in [0.15, 0.2) is 0 Å². The van der Waals surface area contributed by atoms with Crippen LogP contribution < -0.4 is 10.4 Å². The van der Waals surface area contributed by atoms with E-state index < -0.39 is 14.4 Å². The van der Waals surface area contributed by atoms with Crippen molar-refractivity contribution in [1.29, 1.82) is 0 Å². The summed E-state index contributed by atoms with van der Waals surface area (Å²) < 4.78 is 6.77. The highest BCUT2D eigenvalue weighted by Crippen LogP contribution is 2.36. The van der Waals surface area contributed by atoms with Gasteiger partial charge < -0.3 is 9.53 Å². The molecule has 0 fully saturated rings. The maximum Gasteiger partial charge on any atom is 0.261 e. The van der Waals surface area contributed by atoms with Crippen LogP contribution in [0.4, 0.5) is 0 Å². The summed E-state index contributed by atoms with van der Waals surface area (Å²) in [5, 5.41) is 13.1. The van der Waals surface area contributed by atoms with Crippen molar-refractivity contribution in [2.24, 2.45) is 0 Å². The third-order valence-electron chi connectivity index (χ3n) is 5.30. The average molecular weight is 385 g/mol. The van der Waals surface area contributed by atoms with Gasteiger partial charge in [-0.25, -0.2) is 0 Å². The third-order valence-corrected chi connectivity index (χ3v) is 10.3. The first-order chi connectivity index (χ1) is 12.9. The Morgan fingerprint density at radius 3 is 1.81 bits per heavy atom. The van der Waals surface area contributed by atoms with Crippen LogP contribution in [0.1, 0.15) is 59.8 Å². The summed E-state index contributed by atoms with van der Waals surface area (Å²) in [6, 6.07) is 21.3. The van der Waals surface area contributed by atoms with Crippen LogP contribution in [0.25, 0.3) is 0 Å². The molecule has 0 saturated heterocycles. The summed E-state index contributed by atoms with van der Waals surface area (Å²) in [5.41, 5.74) is 0. The molecule has 0 radical (unpaired) electrons. The maximum atomic E-state index is 10.6. The predicted octanol–water partition coefficient (Wildman–Crippen LogP) is 4.89. The number of rotatable bonds is 10. The quantitative estimate of drug-likeness (QED) is 0.466. The lowest BCUT2D eigenvalue weighted by molar-refractivity contribution is 0.0927. The smallest absolute Gasteiger partial charge is 0.261 e. The molecule has 0 unspecified atom stereocenters. The molecule has 0 aliphatic rings. The normalized spacial score (nSPS) is 13.5. The first-order valence-corrected chi connectivity index (χ1v) is 12.3. The first-order valence-electron chi connectivity index (χ1n) is 10.3. The number of unbranched alkanes of at least 4 members (excludes halogenated alkanes) is 3. The van der Waals surface area contributed by atoms with Gasteiger partial charge in [0.1, 0.15) is 0 Å².